The smallest absolute Gasteiger partial charge is 0.237 e. The topological polar surface area (TPSA) is 37.4 Å². The van der Waals surface area contributed by atoms with E-state index in [0.717, 1.165) is 18.5 Å². The van der Waals surface area contributed by atoms with E-state index < -0.39 is 0 Å². The second-order valence-corrected chi connectivity index (χ2v) is 5.34. The molecule has 1 aliphatic heterocycles. The second kappa shape index (κ2) is 3.56. The number of carbonyl (C=O) groups excluding carboxylic acids is 2. The molecule has 90 valence electrons. The highest BCUT2D eigenvalue weighted by atomic mass is 16.2. The number of carbonyl (C=O) groups is 2. The zero-order valence-electron chi connectivity index (χ0n) is 10.2. The summed E-state index contributed by atoms with van der Waals surface area (Å²) in [6.07, 6.45) is 7.93. The lowest BCUT2D eigenvalue weighted by atomic mass is 9.64. The summed E-state index contributed by atoms with van der Waals surface area (Å²) >= 11 is 0. The predicted octanol–water partition coefficient (Wildman–Crippen LogP) is 2.11. The Balaban J connectivity index is 1.91. The van der Waals surface area contributed by atoms with Crippen LogP contribution < -0.4 is 0 Å². The summed E-state index contributed by atoms with van der Waals surface area (Å²) in [6, 6.07) is 0. The van der Waals surface area contributed by atoms with E-state index >= 15 is 0 Å². The van der Waals surface area contributed by atoms with Gasteiger partial charge in [0.15, 0.2) is 0 Å². The lowest BCUT2D eigenvalue weighted by molar-refractivity contribution is -0.137. The molecular formula is C14H17NO2. The second-order valence-electron chi connectivity index (χ2n) is 5.34. The molecule has 2 fully saturated rings. The molecule has 3 rings (SSSR count). The first-order valence-electron chi connectivity index (χ1n) is 6.32. The lowest BCUT2D eigenvalue weighted by Gasteiger charge is -2.38. The van der Waals surface area contributed by atoms with Crippen molar-refractivity contribution in [3.63, 3.8) is 0 Å². The van der Waals surface area contributed by atoms with Crippen LogP contribution in [0, 0.1) is 23.7 Å². The molecule has 4 unspecified atom stereocenters. The van der Waals surface area contributed by atoms with E-state index in [9.17, 15) is 9.59 Å². The highest BCUT2D eigenvalue weighted by Gasteiger charge is 2.53. The summed E-state index contributed by atoms with van der Waals surface area (Å²) in [5.41, 5.74) is 0.773. The molecule has 2 aliphatic carbocycles. The van der Waals surface area contributed by atoms with Crippen molar-refractivity contribution in [1.82, 2.24) is 4.90 Å². The van der Waals surface area contributed by atoms with Gasteiger partial charge in [0.05, 0.1) is 11.8 Å². The van der Waals surface area contributed by atoms with Crippen LogP contribution in [-0.2, 0) is 9.59 Å². The van der Waals surface area contributed by atoms with E-state index in [2.05, 4.69) is 12.2 Å². The Morgan fingerprint density at radius 1 is 1.18 bits per heavy atom. The van der Waals surface area contributed by atoms with Crippen molar-refractivity contribution in [2.75, 3.05) is 0 Å². The molecule has 0 radical (unpaired) electrons. The third-order valence-corrected chi connectivity index (χ3v) is 4.54. The Labute approximate surface area is 101 Å². The van der Waals surface area contributed by atoms with Gasteiger partial charge >= 0.3 is 0 Å². The molecule has 1 saturated carbocycles. The van der Waals surface area contributed by atoms with Crippen molar-refractivity contribution in [3.8, 4) is 0 Å². The number of allylic oxidation sites excluding steroid dienone is 4. The van der Waals surface area contributed by atoms with Crippen molar-refractivity contribution >= 4 is 11.8 Å². The average Bonchev–Trinajstić information content (AvgIpc) is 2.52. The van der Waals surface area contributed by atoms with Gasteiger partial charge in [0.1, 0.15) is 0 Å². The van der Waals surface area contributed by atoms with Crippen LogP contribution >= 0.6 is 0 Å². The molecule has 3 aliphatic rings. The van der Waals surface area contributed by atoms with Crippen molar-refractivity contribution in [3.05, 3.63) is 23.9 Å². The zero-order chi connectivity index (χ0) is 12.2. The van der Waals surface area contributed by atoms with Crippen LogP contribution in [0.3, 0.4) is 0 Å². The monoisotopic (exact) mass is 231 g/mol. The molecule has 1 saturated heterocycles. The van der Waals surface area contributed by atoms with Crippen molar-refractivity contribution in [2.24, 2.45) is 23.7 Å². The van der Waals surface area contributed by atoms with E-state index in [1.807, 2.05) is 19.9 Å². The number of rotatable bonds is 1. The van der Waals surface area contributed by atoms with Crippen molar-refractivity contribution in [1.29, 1.82) is 0 Å². The van der Waals surface area contributed by atoms with Gasteiger partial charge in [-0.25, -0.2) is 0 Å². The number of imide groups is 1. The highest BCUT2D eigenvalue weighted by molar-refractivity contribution is 6.06. The normalized spacial score (nSPS) is 40.1. The van der Waals surface area contributed by atoms with Crippen molar-refractivity contribution in [2.45, 2.75) is 26.7 Å². The third kappa shape index (κ3) is 1.34. The van der Waals surface area contributed by atoms with Crippen LogP contribution in [0.4, 0.5) is 0 Å². The summed E-state index contributed by atoms with van der Waals surface area (Å²) in [6.45, 7) is 3.70. The lowest BCUT2D eigenvalue weighted by Crippen LogP contribution is -2.35. The van der Waals surface area contributed by atoms with Gasteiger partial charge in [0, 0.05) is 5.70 Å². The molecule has 0 aromatic rings. The Morgan fingerprint density at radius 3 is 2.00 bits per heavy atom. The van der Waals surface area contributed by atoms with E-state index in [-0.39, 0.29) is 23.7 Å². The molecule has 4 atom stereocenters. The molecule has 0 spiro atoms. The van der Waals surface area contributed by atoms with Crippen LogP contribution in [0.15, 0.2) is 23.9 Å². The van der Waals surface area contributed by atoms with Crippen molar-refractivity contribution < 1.29 is 9.59 Å². The standard InChI is InChI=1S/C14H17NO2/c1-3-8(2)15-13(16)11-6-9-4-5-10(9)7-12(11)14(15)17/h3-5,9-12H,6-7H2,1-2H3/b8-3-. The molecule has 2 amide bonds. The first-order chi connectivity index (χ1) is 8.13. The minimum Gasteiger partial charge on any atom is -0.274 e. The summed E-state index contributed by atoms with van der Waals surface area (Å²) in [4.78, 5) is 25.9. The van der Waals surface area contributed by atoms with Gasteiger partial charge in [-0.2, -0.15) is 0 Å². The zero-order valence-corrected chi connectivity index (χ0v) is 10.2. The maximum absolute atomic E-state index is 12.3. The molecule has 0 N–H and O–H groups in total. The molecule has 1 heterocycles. The number of hydrogen-bond acceptors (Lipinski definition) is 2. The van der Waals surface area contributed by atoms with Gasteiger partial charge in [-0.3, -0.25) is 14.5 Å². The highest BCUT2D eigenvalue weighted by Crippen LogP contribution is 2.48. The molecule has 0 bridgehead atoms. The first kappa shape index (κ1) is 10.8. The maximum atomic E-state index is 12.3. The molecular weight excluding hydrogens is 214 g/mol. The van der Waals surface area contributed by atoms with Crippen LogP contribution in [0.25, 0.3) is 0 Å². The largest absolute Gasteiger partial charge is 0.274 e. The van der Waals surface area contributed by atoms with Gasteiger partial charge in [0.2, 0.25) is 11.8 Å². The molecule has 3 heteroatoms. The van der Waals surface area contributed by atoms with Gasteiger partial charge in [-0.1, -0.05) is 18.2 Å². The molecule has 0 aromatic heterocycles. The number of hydrogen-bond donors (Lipinski definition) is 0. The van der Waals surface area contributed by atoms with Crippen LogP contribution in [-0.4, -0.2) is 16.7 Å². The first-order valence-corrected chi connectivity index (χ1v) is 6.32. The molecule has 3 nitrogen and oxygen atoms in total. The van der Waals surface area contributed by atoms with Gasteiger partial charge in [-0.05, 0) is 38.5 Å². The van der Waals surface area contributed by atoms with Gasteiger partial charge in [0.25, 0.3) is 0 Å². The van der Waals surface area contributed by atoms with E-state index in [0.29, 0.717) is 11.8 Å². The number of nitrogens with zero attached hydrogens (tertiary/aromatic N) is 1. The van der Waals surface area contributed by atoms with E-state index in [1.165, 1.54) is 4.90 Å². The summed E-state index contributed by atoms with van der Waals surface area (Å²) in [5.74, 6) is 0.994. The summed E-state index contributed by atoms with van der Waals surface area (Å²) < 4.78 is 0. The Bertz CT molecular complexity index is 417. The fourth-order valence-corrected chi connectivity index (χ4v) is 3.31. The quantitative estimate of drug-likeness (QED) is 0.512. The SMILES string of the molecule is C/C=C(/C)N1C(=O)C2CC3C=CC3CC2C1=O. The third-order valence-electron chi connectivity index (χ3n) is 4.54. The molecule has 0 aromatic carbocycles. The summed E-state index contributed by atoms with van der Waals surface area (Å²) in [7, 11) is 0. The number of likely N-dealkylation sites (tertiary alicyclic amines) is 1. The summed E-state index contributed by atoms with van der Waals surface area (Å²) in [5, 5.41) is 0. The Kier molecular flexibility index (Phi) is 2.25. The van der Waals surface area contributed by atoms with E-state index in [4.69, 9.17) is 0 Å². The fraction of sp³-hybridized carbons (Fsp3) is 0.571. The maximum Gasteiger partial charge on any atom is 0.237 e. The number of fused-ring (bicyclic) bond motifs is 2. The number of amides is 2. The van der Waals surface area contributed by atoms with Crippen LogP contribution in [0.1, 0.15) is 26.7 Å². The Morgan fingerprint density at radius 2 is 1.65 bits per heavy atom. The Hall–Kier alpha value is -1.38. The average molecular weight is 231 g/mol. The minimum absolute atomic E-state index is 0.0225. The minimum atomic E-state index is -0.0661. The fourth-order valence-electron chi connectivity index (χ4n) is 3.31. The van der Waals surface area contributed by atoms with Crippen LogP contribution in [0.2, 0.25) is 0 Å². The van der Waals surface area contributed by atoms with Gasteiger partial charge < -0.3 is 0 Å². The molecule has 17 heavy (non-hydrogen) atoms. The van der Waals surface area contributed by atoms with E-state index in [1.54, 1.807) is 0 Å². The van der Waals surface area contributed by atoms with Gasteiger partial charge in [-0.15, -0.1) is 0 Å². The predicted molar refractivity (Wildman–Crippen MR) is 63.6 cm³/mol. The van der Waals surface area contributed by atoms with Crippen LogP contribution in [0.5, 0.6) is 0 Å².